The van der Waals surface area contributed by atoms with E-state index in [0.717, 1.165) is 28.9 Å². The number of carbonyl (C=O) groups is 1. The van der Waals surface area contributed by atoms with Crippen LogP contribution in [0.1, 0.15) is 29.9 Å². The van der Waals surface area contributed by atoms with Crippen LogP contribution in [0, 0.1) is 13.8 Å². The van der Waals surface area contributed by atoms with Crippen LogP contribution in [0.15, 0.2) is 56.7 Å². The van der Waals surface area contributed by atoms with E-state index in [2.05, 4.69) is 4.98 Å². The first-order valence-corrected chi connectivity index (χ1v) is 13.4. The average Bonchev–Trinajstić information content (AvgIpc) is 3.46. The SMILES string of the molecule is Cc1ccccc1-c1nc(CN2C(=O)CSc3ccc(S(=O)(=O)N4CCCC4)cc32)c(C)o1. The highest BCUT2D eigenvalue weighted by Gasteiger charge is 2.31. The van der Waals surface area contributed by atoms with Crippen LogP contribution in [-0.2, 0) is 21.4 Å². The number of aromatic nitrogens is 1. The number of amides is 1. The lowest BCUT2D eigenvalue weighted by atomic mass is 10.1. The summed E-state index contributed by atoms with van der Waals surface area (Å²) in [6, 6.07) is 12.9. The van der Waals surface area contributed by atoms with E-state index >= 15 is 0 Å². The Labute approximate surface area is 197 Å². The molecule has 1 amide bonds. The van der Waals surface area contributed by atoms with Crippen molar-refractivity contribution in [3.05, 3.63) is 59.5 Å². The summed E-state index contributed by atoms with van der Waals surface area (Å²) in [6.07, 6.45) is 1.75. The Hall–Kier alpha value is -2.62. The first kappa shape index (κ1) is 22.2. The maximum Gasteiger partial charge on any atom is 0.243 e. The highest BCUT2D eigenvalue weighted by molar-refractivity contribution is 8.00. The second-order valence-corrected chi connectivity index (χ2v) is 11.3. The monoisotopic (exact) mass is 483 g/mol. The Balaban J connectivity index is 1.49. The van der Waals surface area contributed by atoms with Gasteiger partial charge in [-0.2, -0.15) is 4.31 Å². The van der Waals surface area contributed by atoms with Crippen molar-refractivity contribution in [1.82, 2.24) is 9.29 Å². The molecule has 7 nitrogen and oxygen atoms in total. The van der Waals surface area contributed by atoms with E-state index < -0.39 is 10.0 Å². The van der Waals surface area contributed by atoms with Crippen LogP contribution >= 0.6 is 11.8 Å². The summed E-state index contributed by atoms with van der Waals surface area (Å²) >= 11 is 1.43. The van der Waals surface area contributed by atoms with Crippen molar-refractivity contribution in [2.45, 2.75) is 43.0 Å². The van der Waals surface area contributed by atoms with E-state index in [1.807, 2.05) is 38.1 Å². The van der Waals surface area contributed by atoms with Crippen LogP contribution in [0.2, 0.25) is 0 Å². The van der Waals surface area contributed by atoms with Crippen LogP contribution < -0.4 is 4.90 Å². The molecule has 0 radical (unpaired) electrons. The number of fused-ring (bicyclic) bond motifs is 1. The molecular formula is C24H25N3O4S2. The maximum atomic E-state index is 13.1. The molecule has 33 heavy (non-hydrogen) atoms. The quantitative estimate of drug-likeness (QED) is 0.536. The van der Waals surface area contributed by atoms with Gasteiger partial charge in [-0.15, -0.1) is 11.8 Å². The van der Waals surface area contributed by atoms with Crippen LogP contribution in [0.4, 0.5) is 5.69 Å². The number of hydrogen-bond acceptors (Lipinski definition) is 6. The largest absolute Gasteiger partial charge is 0.441 e. The van der Waals surface area contributed by atoms with Gasteiger partial charge in [0.05, 0.1) is 22.9 Å². The number of thioether (sulfide) groups is 1. The topological polar surface area (TPSA) is 83.7 Å². The van der Waals surface area contributed by atoms with Crippen molar-refractivity contribution in [3.63, 3.8) is 0 Å². The zero-order valence-electron chi connectivity index (χ0n) is 18.6. The predicted molar refractivity (Wildman–Crippen MR) is 128 cm³/mol. The third kappa shape index (κ3) is 4.09. The molecule has 2 aliphatic heterocycles. The lowest BCUT2D eigenvalue weighted by Gasteiger charge is -2.29. The molecule has 1 aromatic heterocycles. The number of nitrogens with zero attached hydrogens (tertiary/aromatic N) is 3. The first-order chi connectivity index (χ1) is 15.8. The second kappa shape index (κ2) is 8.62. The molecule has 0 unspecified atom stereocenters. The molecule has 3 heterocycles. The molecule has 0 N–H and O–H groups in total. The molecule has 5 rings (SSSR count). The third-order valence-corrected chi connectivity index (χ3v) is 9.09. The minimum atomic E-state index is -3.58. The summed E-state index contributed by atoms with van der Waals surface area (Å²) in [5.41, 5.74) is 3.23. The smallest absolute Gasteiger partial charge is 0.243 e. The Morgan fingerprint density at radius 1 is 1.09 bits per heavy atom. The highest BCUT2D eigenvalue weighted by Crippen LogP contribution is 2.39. The molecule has 1 saturated heterocycles. The van der Waals surface area contributed by atoms with E-state index in [1.165, 1.54) is 16.1 Å². The zero-order valence-corrected chi connectivity index (χ0v) is 20.2. The molecule has 172 valence electrons. The molecule has 2 aliphatic rings. The number of oxazole rings is 1. The Bertz CT molecular complexity index is 1330. The first-order valence-electron chi connectivity index (χ1n) is 10.9. The molecule has 9 heteroatoms. The van der Waals surface area contributed by atoms with E-state index in [1.54, 1.807) is 23.1 Å². The summed E-state index contributed by atoms with van der Waals surface area (Å²) in [5.74, 6) is 1.38. The summed E-state index contributed by atoms with van der Waals surface area (Å²) in [7, 11) is -3.58. The summed E-state index contributed by atoms with van der Waals surface area (Å²) < 4.78 is 33.7. The molecule has 1 fully saturated rings. The third-order valence-electron chi connectivity index (χ3n) is 6.15. The lowest BCUT2D eigenvalue weighted by Crippen LogP contribution is -2.35. The standard InChI is InChI=1S/C24H25N3O4S2/c1-16-7-3-4-8-19(16)24-25-20(17(2)31-24)14-27-21-13-18(9-10-22(21)32-15-23(27)28)33(29,30)26-11-5-6-12-26/h3-4,7-10,13H,5-6,11-12,14-15H2,1-2H3. The fourth-order valence-corrected chi connectivity index (χ4v) is 6.70. The van der Waals surface area contributed by atoms with Gasteiger partial charge in [-0.05, 0) is 56.5 Å². The number of benzene rings is 2. The van der Waals surface area contributed by atoms with E-state index in [4.69, 9.17) is 4.42 Å². The molecular weight excluding hydrogens is 458 g/mol. The molecule has 3 aromatic rings. The second-order valence-electron chi connectivity index (χ2n) is 8.35. The fourth-order valence-electron chi connectivity index (χ4n) is 4.25. The number of anilines is 1. The van der Waals surface area contributed by atoms with E-state index in [9.17, 15) is 13.2 Å². The maximum absolute atomic E-state index is 13.1. The van der Waals surface area contributed by atoms with Gasteiger partial charge in [-0.1, -0.05) is 18.2 Å². The van der Waals surface area contributed by atoms with Crippen LogP contribution in [-0.4, -0.2) is 42.5 Å². The summed E-state index contributed by atoms with van der Waals surface area (Å²) in [5, 5.41) is 0. The van der Waals surface area contributed by atoms with Crippen molar-refractivity contribution in [2.24, 2.45) is 0 Å². The van der Waals surface area contributed by atoms with Crippen molar-refractivity contribution >= 4 is 33.4 Å². The van der Waals surface area contributed by atoms with E-state index in [0.29, 0.717) is 41.9 Å². The van der Waals surface area contributed by atoms with Crippen molar-refractivity contribution in [1.29, 1.82) is 0 Å². The van der Waals surface area contributed by atoms with Gasteiger partial charge >= 0.3 is 0 Å². The van der Waals surface area contributed by atoms with Crippen molar-refractivity contribution in [3.8, 4) is 11.5 Å². The van der Waals surface area contributed by atoms with Gasteiger partial charge in [-0.3, -0.25) is 4.79 Å². The molecule has 0 bridgehead atoms. The number of aryl methyl sites for hydroxylation is 2. The van der Waals surface area contributed by atoms with Crippen molar-refractivity contribution < 1.29 is 17.6 Å². The van der Waals surface area contributed by atoms with Gasteiger partial charge in [0, 0.05) is 23.5 Å². The molecule has 0 atom stereocenters. The number of hydrogen-bond donors (Lipinski definition) is 0. The van der Waals surface area contributed by atoms with Gasteiger partial charge in [0.25, 0.3) is 0 Å². The number of rotatable bonds is 5. The molecule has 0 spiro atoms. The summed E-state index contributed by atoms with van der Waals surface area (Å²) in [4.78, 5) is 20.3. The van der Waals surface area contributed by atoms with Crippen LogP contribution in [0.3, 0.4) is 0 Å². The molecule has 0 saturated carbocycles. The normalized spacial score (nSPS) is 16.9. The zero-order chi connectivity index (χ0) is 23.2. The Morgan fingerprint density at radius 2 is 1.85 bits per heavy atom. The Kier molecular flexibility index (Phi) is 5.80. The molecule has 2 aromatic carbocycles. The van der Waals surface area contributed by atoms with E-state index in [-0.39, 0.29) is 17.3 Å². The van der Waals surface area contributed by atoms with Gasteiger partial charge in [0.2, 0.25) is 21.8 Å². The van der Waals surface area contributed by atoms with Gasteiger partial charge in [0.1, 0.15) is 11.5 Å². The summed E-state index contributed by atoms with van der Waals surface area (Å²) in [6.45, 7) is 5.13. The molecule has 0 aliphatic carbocycles. The van der Waals surface area contributed by atoms with Gasteiger partial charge in [-0.25, -0.2) is 13.4 Å². The average molecular weight is 484 g/mol. The minimum absolute atomic E-state index is 0.0805. The van der Waals surface area contributed by atoms with Gasteiger partial charge < -0.3 is 9.32 Å². The van der Waals surface area contributed by atoms with Crippen LogP contribution in [0.5, 0.6) is 0 Å². The van der Waals surface area contributed by atoms with Crippen molar-refractivity contribution in [2.75, 3.05) is 23.7 Å². The fraction of sp³-hybridized carbons (Fsp3) is 0.333. The van der Waals surface area contributed by atoms with Gasteiger partial charge in [0.15, 0.2) is 0 Å². The minimum Gasteiger partial charge on any atom is -0.441 e. The van der Waals surface area contributed by atoms with Crippen LogP contribution in [0.25, 0.3) is 11.5 Å². The highest BCUT2D eigenvalue weighted by atomic mass is 32.2. The number of carbonyl (C=O) groups excluding carboxylic acids is 1. The lowest BCUT2D eigenvalue weighted by molar-refractivity contribution is -0.116. The predicted octanol–water partition coefficient (Wildman–Crippen LogP) is 4.38. The number of sulfonamides is 1. The Morgan fingerprint density at radius 3 is 2.61 bits per heavy atom.